The second kappa shape index (κ2) is 7.48. The predicted molar refractivity (Wildman–Crippen MR) is 101 cm³/mol. The molecular weight excluding hydrogens is 359 g/mol. The van der Waals surface area contributed by atoms with Crippen molar-refractivity contribution in [3.8, 4) is 17.0 Å². The van der Waals surface area contributed by atoms with Crippen molar-refractivity contribution in [1.82, 2.24) is 20.1 Å². The number of hydrogen-bond donors (Lipinski definition) is 1. The van der Waals surface area contributed by atoms with E-state index in [2.05, 4.69) is 15.4 Å². The van der Waals surface area contributed by atoms with Gasteiger partial charge in [0.15, 0.2) is 5.76 Å². The fraction of sp³-hybridized carbons (Fsp3) is 0.0952. The molecule has 1 N–H and O–H groups in total. The molecule has 1 amide bonds. The van der Waals surface area contributed by atoms with Crippen LogP contribution in [0.5, 0.6) is 0 Å². The average molecular weight is 376 g/mol. The lowest BCUT2D eigenvalue weighted by molar-refractivity contribution is 0.0912. The van der Waals surface area contributed by atoms with Crippen molar-refractivity contribution >= 4 is 5.91 Å². The van der Waals surface area contributed by atoms with Crippen LogP contribution in [-0.2, 0) is 0 Å². The van der Waals surface area contributed by atoms with Crippen LogP contribution in [0.1, 0.15) is 29.1 Å². The summed E-state index contributed by atoms with van der Waals surface area (Å²) < 4.78 is 20.3. The van der Waals surface area contributed by atoms with Gasteiger partial charge in [-0.3, -0.25) is 4.79 Å². The maximum absolute atomic E-state index is 13.0. The summed E-state index contributed by atoms with van der Waals surface area (Å²) in [6.07, 6.45) is 3.09. The molecule has 0 fully saturated rings. The Bertz CT molecular complexity index is 1070. The van der Waals surface area contributed by atoms with Gasteiger partial charge in [-0.15, -0.1) is 0 Å². The summed E-state index contributed by atoms with van der Waals surface area (Å²) in [6.45, 7) is 1.90. The Morgan fingerprint density at radius 1 is 1.07 bits per heavy atom. The van der Waals surface area contributed by atoms with E-state index in [4.69, 9.17) is 4.42 Å². The smallest absolute Gasteiger partial charge is 0.287 e. The molecule has 28 heavy (non-hydrogen) atoms. The van der Waals surface area contributed by atoms with E-state index in [1.54, 1.807) is 35.3 Å². The largest absolute Gasteiger partial charge is 0.451 e. The average Bonchev–Trinajstić information content (AvgIpc) is 3.41. The van der Waals surface area contributed by atoms with Crippen molar-refractivity contribution in [1.29, 1.82) is 0 Å². The van der Waals surface area contributed by atoms with E-state index in [0.29, 0.717) is 11.3 Å². The topological polar surface area (TPSA) is 73.0 Å². The van der Waals surface area contributed by atoms with Gasteiger partial charge < -0.3 is 9.73 Å². The zero-order valence-corrected chi connectivity index (χ0v) is 15.0. The first-order chi connectivity index (χ1) is 13.6. The second-order valence-electron chi connectivity index (χ2n) is 6.30. The van der Waals surface area contributed by atoms with Gasteiger partial charge in [0, 0.05) is 5.56 Å². The molecule has 2 aromatic heterocycles. The van der Waals surface area contributed by atoms with E-state index >= 15 is 0 Å². The Morgan fingerprint density at radius 3 is 2.50 bits per heavy atom. The van der Waals surface area contributed by atoms with Crippen molar-refractivity contribution in [3.05, 3.63) is 90.5 Å². The number of carbonyl (C=O) groups is 1. The molecule has 0 saturated carbocycles. The molecule has 6 nitrogen and oxygen atoms in total. The van der Waals surface area contributed by atoms with E-state index in [-0.39, 0.29) is 23.5 Å². The molecule has 2 heterocycles. The molecule has 0 bridgehead atoms. The second-order valence-corrected chi connectivity index (χ2v) is 6.30. The Kier molecular flexibility index (Phi) is 4.72. The van der Waals surface area contributed by atoms with E-state index in [1.807, 2.05) is 31.2 Å². The van der Waals surface area contributed by atoms with Gasteiger partial charge in [-0.05, 0) is 61.0 Å². The molecule has 4 aromatic rings. The summed E-state index contributed by atoms with van der Waals surface area (Å²) in [7, 11) is 0. The van der Waals surface area contributed by atoms with E-state index in [0.717, 1.165) is 11.3 Å². The van der Waals surface area contributed by atoms with Crippen LogP contribution in [0.2, 0.25) is 0 Å². The van der Waals surface area contributed by atoms with Gasteiger partial charge in [0.05, 0.1) is 11.7 Å². The highest BCUT2D eigenvalue weighted by Crippen LogP contribution is 2.23. The third kappa shape index (κ3) is 3.68. The lowest BCUT2D eigenvalue weighted by atomic mass is 10.1. The quantitative estimate of drug-likeness (QED) is 0.568. The molecule has 1 atom stereocenters. The monoisotopic (exact) mass is 376 g/mol. The molecule has 140 valence electrons. The third-order valence-electron chi connectivity index (χ3n) is 4.38. The van der Waals surface area contributed by atoms with Crippen molar-refractivity contribution in [3.63, 3.8) is 0 Å². The number of furan rings is 1. The maximum Gasteiger partial charge on any atom is 0.287 e. The molecule has 4 rings (SSSR count). The summed E-state index contributed by atoms with van der Waals surface area (Å²) in [6, 6.07) is 16.7. The number of nitrogens with one attached hydrogen (secondary N) is 1. The number of rotatable bonds is 5. The summed E-state index contributed by atoms with van der Waals surface area (Å²) in [5.41, 5.74) is 2.54. The van der Waals surface area contributed by atoms with Crippen molar-refractivity contribution < 1.29 is 13.6 Å². The van der Waals surface area contributed by atoms with Crippen LogP contribution in [0.25, 0.3) is 17.0 Å². The van der Waals surface area contributed by atoms with Gasteiger partial charge in [0.25, 0.3) is 5.91 Å². The highest BCUT2D eigenvalue weighted by atomic mass is 19.1. The number of nitrogens with zero attached hydrogens (tertiary/aromatic N) is 3. The van der Waals surface area contributed by atoms with Crippen molar-refractivity contribution in [2.45, 2.75) is 13.0 Å². The summed E-state index contributed by atoms with van der Waals surface area (Å²) in [5.74, 6) is 0.0681. The first kappa shape index (κ1) is 17.7. The SMILES string of the molecule is C[C@H](NC(=O)c1ccc(-c2ccc(F)cc2)o1)c1ccc(-n2cncn2)cc1. The first-order valence-corrected chi connectivity index (χ1v) is 8.72. The van der Waals surface area contributed by atoms with Crippen LogP contribution in [-0.4, -0.2) is 20.7 Å². The molecule has 0 saturated heterocycles. The van der Waals surface area contributed by atoms with Crippen LogP contribution in [0.15, 0.2) is 77.7 Å². The molecular formula is C21H17FN4O2. The number of carbonyl (C=O) groups excluding carboxylic acids is 1. The molecule has 0 unspecified atom stereocenters. The van der Waals surface area contributed by atoms with Gasteiger partial charge in [0.1, 0.15) is 24.2 Å². The molecule has 0 aliphatic rings. The molecule has 7 heteroatoms. The molecule has 0 spiro atoms. The van der Waals surface area contributed by atoms with Crippen LogP contribution in [0.3, 0.4) is 0 Å². The number of hydrogen-bond acceptors (Lipinski definition) is 4. The zero-order chi connectivity index (χ0) is 19.5. The third-order valence-corrected chi connectivity index (χ3v) is 4.38. The fourth-order valence-corrected chi connectivity index (χ4v) is 2.84. The van der Waals surface area contributed by atoms with E-state index < -0.39 is 0 Å². The summed E-state index contributed by atoms with van der Waals surface area (Å²) in [4.78, 5) is 16.4. The number of aromatic nitrogens is 3. The molecule has 2 aromatic carbocycles. The van der Waals surface area contributed by atoms with Crippen molar-refractivity contribution in [2.75, 3.05) is 0 Å². The predicted octanol–water partition coefficient (Wildman–Crippen LogP) is 4.16. The van der Waals surface area contributed by atoms with E-state index in [9.17, 15) is 9.18 Å². The number of amides is 1. The van der Waals surface area contributed by atoms with Gasteiger partial charge in [-0.2, -0.15) is 5.10 Å². The zero-order valence-electron chi connectivity index (χ0n) is 15.0. The first-order valence-electron chi connectivity index (χ1n) is 8.72. The van der Waals surface area contributed by atoms with Crippen LogP contribution < -0.4 is 5.32 Å². The Labute approximate surface area is 160 Å². The van der Waals surface area contributed by atoms with Gasteiger partial charge >= 0.3 is 0 Å². The van der Waals surface area contributed by atoms with Gasteiger partial charge in [-0.25, -0.2) is 14.1 Å². The van der Waals surface area contributed by atoms with Crippen LogP contribution >= 0.6 is 0 Å². The van der Waals surface area contributed by atoms with Gasteiger partial charge in [0.2, 0.25) is 0 Å². The Hall–Kier alpha value is -3.74. The molecule has 0 aliphatic carbocycles. The van der Waals surface area contributed by atoms with E-state index in [1.165, 1.54) is 18.5 Å². The molecule has 0 radical (unpaired) electrons. The molecule has 0 aliphatic heterocycles. The number of benzene rings is 2. The Morgan fingerprint density at radius 2 is 1.82 bits per heavy atom. The highest BCUT2D eigenvalue weighted by molar-refractivity contribution is 5.92. The van der Waals surface area contributed by atoms with Crippen LogP contribution in [0.4, 0.5) is 4.39 Å². The number of halogens is 1. The van der Waals surface area contributed by atoms with Crippen LogP contribution in [0, 0.1) is 5.82 Å². The normalized spacial score (nSPS) is 11.9. The van der Waals surface area contributed by atoms with Crippen molar-refractivity contribution in [2.24, 2.45) is 0 Å². The van der Waals surface area contributed by atoms with Gasteiger partial charge in [-0.1, -0.05) is 12.1 Å². The highest BCUT2D eigenvalue weighted by Gasteiger charge is 2.16. The lowest BCUT2D eigenvalue weighted by Gasteiger charge is -2.14. The lowest BCUT2D eigenvalue weighted by Crippen LogP contribution is -2.26. The fourth-order valence-electron chi connectivity index (χ4n) is 2.84. The summed E-state index contributed by atoms with van der Waals surface area (Å²) >= 11 is 0. The Balaban J connectivity index is 1.44. The summed E-state index contributed by atoms with van der Waals surface area (Å²) in [5, 5.41) is 7.00. The maximum atomic E-state index is 13.0. The minimum Gasteiger partial charge on any atom is -0.451 e. The minimum atomic E-state index is -0.322. The minimum absolute atomic E-state index is 0.199. The standard InChI is InChI=1S/C21H17FN4O2/c1-14(15-4-8-18(9-5-15)26-13-23-12-24-26)25-21(27)20-11-10-19(28-20)16-2-6-17(22)7-3-16/h2-14H,1H3,(H,25,27)/t14-/m0/s1.